The molecule has 0 bridgehead atoms. The van der Waals surface area contributed by atoms with Crippen molar-refractivity contribution in [3.63, 3.8) is 0 Å². The second-order valence-electron chi connectivity index (χ2n) is 7.64. The fraction of sp³-hybridized carbons (Fsp3) is 0.600. The lowest BCUT2D eigenvalue weighted by Gasteiger charge is -2.42. The number of fused-ring (bicyclic) bond motifs is 1. The zero-order valence-electron chi connectivity index (χ0n) is 14.5. The van der Waals surface area contributed by atoms with Gasteiger partial charge in [0.2, 0.25) is 0 Å². The maximum atomic E-state index is 3.37. The van der Waals surface area contributed by atoms with Crippen molar-refractivity contribution in [3.05, 3.63) is 34.4 Å². The number of nitrogens with one attached hydrogen (secondary N) is 1. The Morgan fingerprint density at radius 3 is 2.19 bits per heavy atom. The van der Waals surface area contributed by atoms with Crippen molar-refractivity contribution >= 4 is 0 Å². The minimum atomic E-state index is 0.264. The molecule has 2 rings (SSSR count). The van der Waals surface area contributed by atoms with Crippen molar-refractivity contribution in [3.8, 4) is 11.8 Å². The second kappa shape index (κ2) is 5.85. The molecule has 0 radical (unpaired) electrons. The summed E-state index contributed by atoms with van der Waals surface area (Å²) in [6.45, 7) is 12.6. The quantitative estimate of drug-likeness (QED) is 0.630. The van der Waals surface area contributed by atoms with E-state index in [0.29, 0.717) is 0 Å². The van der Waals surface area contributed by atoms with Crippen molar-refractivity contribution in [1.82, 2.24) is 5.32 Å². The first kappa shape index (κ1) is 16.1. The second-order valence-corrected chi connectivity index (χ2v) is 7.64. The normalized spacial score (nSPS) is 18.6. The highest BCUT2D eigenvalue weighted by molar-refractivity contribution is 5.52. The van der Waals surface area contributed by atoms with E-state index in [0.717, 1.165) is 13.0 Å². The van der Waals surface area contributed by atoms with Gasteiger partial charge in [-0.25, -0.2) is 0 Å². The number of hydrogen-bond donors (Lipinski definition) is 1. The molecule has 0 spiro atoms. The van der Waals surface area contributed by atoms with Gasteiger partial charge in [0.25, 0.3) is 0 Å². The fourth-order valence-electron chi connectivity index (χ4n) is 3.20. The van der Waals surface area contributed by atoms with Gasteiger partial charge in [0, 0.05) is 18.5 Å². The smallest absolute Gasteiger partial charge is 0.0277 e. The molecule has 1 N–H and O–H groups in total. The zero-order valence-corrected chi connectivity index (χ0v) is 14.5. The first-order chi connectivity index (χ1) is 9.78. The van der Waals surface area contributed by atoms with E-state index in [-0.39, 0.29) is 10.8 Å². The van der Waals surface area contributed by atoms with Crippen LogP contribution in [0.4, 0.5) is 0 Å². The number of rotatable bonds is 2. The lowest BCUT2D eigenvalue weighted by molar-refractivity contribution is 0.331. The number of benzene rings is 1. The van der Waals surface area contributed by atoms with Crippen LogP contribution >= 0.6 is 0 Å². The molecule has 0 atom stereocenters. The summed E-state index contributed by atoms with van der Waals surface area (Å²) in [6.07, 6.45) is 3.42. The van der Waals surface area contributed by atoms with Crippen molar-refractivity contribution in [2.45, 2.75) is 64.7 Å². The Kier molecular flexibility index (Phi) is 4.49. The standard InChI is InChI=1S/C20H29N/c1-15-13-17-18(14-16(15)9-7-8-12-21-6)20(4,5)11-10-19(17,2)3/h13-14,21H,8,10-12H2,1-6H3. The molecular weight excluding hydrogens is 254 g/mol. The Morgan fingerprint density at radius 2 is 1.62 bits per heavy atom. The molecular formula is C20H29N. The monoisotopic (exact) mass is 283 g/mol. The largest absolute Gasteiger partial charge is 0.319 e. The van der Waals surface area contributed by atoms with E-state index in [9.17, 15) is 0 Å². The minimum Gasteiger partial charge on any atom is -0.319 e. The summed E-state index contributed by atoms with van der Waals surface area (Å²) in [4.78, 5) is 0. The maximum Gasteiger partial charge on any atom is 0.0277 e. The van der Waals surface area contributed by atoms with Crippen LogP contribution in [0.3, 0.4) is 0 Å². The number of aryl methyl sites for hydroxylation is 1. The lowest BCUT2D eigenvalue weighted by atomic mass is 9.62. The molecule has 0 heterocycles. The Labute approximate surface area is 130 Å². The first-order valence-corrected chi connectivity index (χ1v) is 8.07. The zero-order chi connectivity index (χ0) is 15.7. The molecule has 21 heavy (non-hydrogen) atoms. The van der Waals surface area contributed by atoms with Gasteiger partial charge in [0.15, 0.2) is 0 Å². The topological polar surface area (TPSA) is 12.0 Å². The third-order valence-corrected chi connectivity index (χ3v) is 4.92. The highest BCUT2D eigenvalue weighted by Crippen LogP contribution is 2.46. The molecule has 1 nitrogen and oxygen atoms in total. The van der Waals surface area contributed by atoms with Gasteiger partial charge in [-0.2, -0.15) is 0 Å². The van der Waals surface area contributed by atoms with Gasteiger partial charge < -0.3 is 5.32 Å². The molecule has 0 fully saturated rings. The van der Waals surface area contributed by atoms with E-state index in [2.05, 4.69) is 63.9 Å². The van der Waals surface area contributed by atoms with E-state index in [1.165, 1.54) is 35.1 Å². The predicted octanol–water partition coefficient (Wildman–Crippen LogP) is 4.31. The van der Waals surface area contributed by atoms with Gasteiger partial charge in [-0.3, -0.25) is 0 Å². The Morgan fingerprint density at radius 1 is 1.05 bits per heavy atom. The van der Waals surface area contributed by atoms with Crippen LogP contribution < -0.4 is 5.32 Å². The van der Waals surface area contributed by atoms with E-state index >= 15 is 0 Å². The third kappa shape index (κ3) is 3.33. The van der Waals surface area contributed by atoms with Crippen molar-refractivity contribution in [1.29, 1.82) is 0 Å². The molecule has 0 amide bonds. The summed E-state index contributed by atoms with van der Waals surface area (Å²) in [5.74, 6) is 6.66. The lowest BCUT2D eigenvalue weighted by Crippen LogP contribution is -2.34. The maximum absolute atomic E-state index is 3.37. The van der Waals surface area contributed by atoms with E-state index in [4.69, 9.17) is 0 Å². The van der Waals surface area contributed by atoms with Crippen LogP contribution in [0, 0.1) is 18.8 Å². The summed E-state index contributed by atoms with van der Waals surface area (Å²) in [5.41, 5.74) is 6.10. The fourth-order valence-corrected chi connectivity index (χ4v) is 3.20. The molecule has 1 aliphatic rings. The molecule has 0 saturated carbocycles. The van der Waals surface area contributed by atoms with Crippen LogP contribution in [0.25, 0.3) is 0 Å². The molecule has 0 aromatic heterocycles. The van der Waals surface area contributed by atoms with Gasteiger partial charge in [-0.1, -0.05) is 45.6 Å². The Balaban J connectivity index is 2.46. The summed E-state index contributed by atoms with van der Waals surface area (Å²) in [7, 11) is 1.97. The van der Waals surface area contributed by atoms with Gasteiger partial charge in [-0.15, -0.1) is 0 Å². The summed E-state index contributed by atoms with van der Waals surface area (Å²) >= 11 is 0. The Bertz CT molecular complexity index is 582. The first-order valence-electron chi connectivity index (χ1n) is 8.07. The van der Waals surface area contributed by atoms with Gasteiger partial charge in [0.1, 0.15) is 0 Å². The molecule has 0 unspecified atom stereocenters. The highest BCUT2D eigenvalue weighted by Gasteiger charge is 2.37. The third-order valence-electron chi connectivity index (χ3n) is 4.92. The van der Waals surface area contributed by atoms with E-state index < -0.39 is 0 Å². The average molecular weight is 283 g/mol. The highest BCUT2D eigenvalue weighted by atomic mass is 14.8. The molecule has 1 aliphatic carbocycles. The van der Waals surface area contributed by atoms with Crippen LogP contribution in [0.15, 0.2) is 12.1 Å². The van der Waals surface area contributed by atoms with Crippen LogP contribution in [-0.4, -0.2) is 13.6 Å². The minimum absolute atomic E-state index is 0.264. The summed E-state index contributed by atoms with van der Waals surface area (Å²) in [5, 5.41) is 3.14. The van der Waals surface area contributed by atoms with Crippen molar-refractivity contribution < 1.29 is 0 Å². The molecule has 1 aromatic rings. The van der Waals surface area contributed by atoms with Crippen LogP contribution in [0.2, 0.25) is 0 Å². The SMILES string of the molecule is CNCCC#Cc1cc2c(cc1C)C(C)(C)CCC2(C)C. The molecule has 114 valence electrons. The molecule has 1 aromatic carbocycles. The predicted molar refractivity (Wildman–Crippen MR) is 91.9 cm³/mol. The van der Waals surface area contributed by atoms with Gasteiger partial charge in [-0.05, 0) is 60.4 Å². The average Bonchev–Trinajstić information content (AvgIpc) is 2.41. The van der Waals surface area contributed by atoms with Crippen molar-refractivity contribution in [2.24, 2.45) is 0 Å². The summed E-state index contributed by atoms with van der Waals surface area (Å²) < 4.78 is 0. The van der Waals surface area contributed by atoms with Crippen molar-refractivity contribution in [2.75, 3.05) is 13.6 Å². The van der Waals surface area contributed by atoms with Gasteiger partial charge >= 0.3 is 0 Å². The van der Waals surface area contributed by atoms with Gasteiger partial charge in [0.05, 0.1) is 0 Å². The number of hydrogen-bond acceptors (Lipinski definition) is 1. The van der Waals surface area contributed by atoms with Crippen LogP contribution in [-0.2, 0) is 10.8 Å². The van der Waals surface area contributed by atoms with Crippen LogP contribution in [0.5, 0.6) is 0 Å². The Hall–Kier alpha value is -1.26. The molecule has 1 heteroatoms. The van der Waals surface area contributed by atoms with E-state index in [1.807, 2.05) is 7.05 Å². The van der Waals surface area contributed by atoms with Crippen LogP contribution in [0.1, 0.15) is 69.2 Å². The van der Waals surface area contributed by atoms with E-state index in [1.54, 1.807) is 0 Å². The molecule has 0 aliphatic heterocycles. The molecule has 0 saturated heterocycles. The summed E-state index contributed by atoms with van der Waals surface area (Å²) in [6, 6.07) is 4.75.